The zero-order valence-corrected chi connectivity index (χ0v) is 35.2. The van der Waals surface area contributed by atoms with Crippen molar-refractivity contribution in [2.75, 3.05) is 82.3 Å². The fourth-order valence-corrected chi connectivity index (χ4v) is 10.9. The lowest BCUT2D eigenvalue weighted by Crippen LogP contribution is -2.47. The minimum Gasteiger partial charge on any atom is -0.353 e. The molecule has 57 heavy (non-hydrogen) atoms. The number of rotatable bonds is 9. The minimum absolute atomic E-state index is 0.351. The number of anilines is 2. The molecule has 0 saturated carbocycles. The second kappa shape index (κ2) is 17.9. The number of nitrogens with zero attached hydrogens (tertiary/aromatic N) is 6. The van der Waals surface area contributed by atoms with E-state index < -0.39 is 0 Å². The van der Waals surface area contributed by atoms with Crippen molar-refractivity contribution >= 4 is 54.9 Å². The lowest BCUT2D eigenvalue weighted by molar-refractivity contribution is 0.260. The number of piperazine rings is 2. The van der Waals surface area contributed by atoms with Gasteiger partial charge in [0.2, 0.25) is 0 Å². The van der Waals surface area contributed by atoms with Crippen LogP contribution in [0.3, 0.4) is 0 Å². The summed E-state index contributed by atoms with van der Waals surface area (Å²) in [6.45, 7) is 11.1. The van der Waals surface area contributed by atoms with Gasteiger partial charge in [-0.1, -0.05) is 60.7 Å². The topological polar surface area (TPSA) is 76.8 Å². The van der Waals surface area contributed by atoms with Crippen LogP contribution < -0.4 is 20.9 Å². The summed E-state index contributed by atoms with van der Waals surface area (Å²) in [6, 6.07) is 32.4. The molecule has 4 aromatic carbocycles. The van der Waals surface area contributed by atoms with Crippen LogP contribution in [-0.4, -0.2) is 103 Å². The second-order valence-corrected chi connectivity index (χ2v) is 18.2. The van der Waals surface area contributed by atoms with Gasteiger partial charge in [0.05, 0.1) is 9.40 Å². The van der Waals surface area contributed by atoms with Gasteiger partial charge >= 0.3 is 0 Å². The van der Waals surface area contributed by atoms with Crippen molar-refractivity contribution in [1.82, 2.24) is 23.9 Å². The Balaban J connectivity index is 0.000000148. The molecule has 0 amide bonds. The van der Waals surface area contributed by atoms with Gasteiger partial charge in [-0.25, -0.2) is 0 Å². The molecule has 3 N–H and O–H groups in total. The molecule has 8 nitrogen and oxygen atoms in total. The van der Waals surface area contributed by atoms with E-state index in [1.807, 2.05) is 0 Å². The molecule has 0 spiro atoms. The van der Waals surface area contributed by atoms with Gasteiger partial charge in [0.15, 0.2) is 0 Å². The number of aryl methyl sites for hydroxylation is 2. The maximum atomic E-state index is 6.11. The third-order valence-corrected chi connectivity index (χ3v) is 14.6. The van der Waals surface area contributed by atoms with E-state index in [2.05, 4.69) is 117 Å². The van der Waals surface area contributed by atoms with E-state index in [0.717, 1.165) is 97.6 Å². The third-order valence-electron chi connectivity index (χ3n) is 12.9. The Labute approximate surface area is 347 Å². The van der Waals surface area contributed by atoms with Crippen LogP contribution in [0.15, 0.2) is 84.9 Å². The van der Waals surface area contributed by atoms with Gasteiger partial charge in [0.1, 0.15) is 11.6 Å². The summed E-state index contributed by atoms with van der Waals surface area (Å²) in [5, 5.41) is 6.04. The summed E-state index contributed by atoms with van der Waals surface area (Å²) in [4.78, 5) is 10.1. The predicted molar refractivity (Wildman–Crippen MR) is 242 cm³/mol. The molecule has 10 rings (SSSR count). The maximum absolute atomic E-state index is 6.11. The molecule has 2 aliphatic heterocycles. The summed E-state index contributed by atoms with van der Waals surface area (Å²) in [7, 11) is 2.08. The van der Waals surface area contributed by atoms with Crippen LogP contribution in [0.1, 0.15) is 46.2 Å². The number of benzene rings is 4. The molecule has 0 bridgehead atoms. The van der Waals surface area contributed by atoms with Gasteiger partial charge in [0.25, 0.3) is 0 Å². The quantitative estimate of drug-likeness (QED) is 0.159. The van der Waals surface area contributed by atoms with Gasteiger partial charge in [-0.3, -0.25) is 9.80 Å². The fourth-order valence-electron chi connectivity index (χ4n) is 9.34. The highest BCUT2D eigenvalue weighted by Crippen LogP contribution is 2.31. The molecular formula is C47H58N8S2. The first-order valence-electron chi connectivity index (χ1n) is 21.3. The normalized spacial score (nSPS) is 20.3. The summed E-state index contributed by atoms with van der Waals surface area (Å²) in [5.41, 5.74) is 15.2. The van der Waals surface area contributed by atoms with E-state index in [1.165, 1.54) is 73.3 Å². The molecule has 2 aromatic heterocycles. The van der Waals surface area contributed by atoms with E-state index >= 15 is 0 Å². The summed E-state index contributed by atoms with van der Waals surface area (Å²) in [5.74, 6) is 2.35. The molecule has 2 unspecified atom stereocenters. The van der Waals surface area contributed by atoms with Gasteiger partial charge in [-0.05, 0) is 139 Å². The van der Waals surface area contributed by atoms with Crippen molar-refractivity contribution in [2.24, 2.45) is 5.73 Å². The number of nitrogens with one attached hydrogen (secondary N) is 1. The Bertz CT molecular complexity index is 2250. The third kappa shape index (κ3) is 9.07. The van der Waals surface area contributed by atoms with Crippen LogP contribution in [0.5, 0.6) is 0 Å². The lowest BCUT2D eigenvalue weighted by Gasteiger charge is -2.35. The van der Waals surface area contributed by atoms with Gasteiger partial charge in [-0.15, -0.1) is 0 Å². The van der Waals surface area contributed by atoms with Gasteiger partial charge in [0, 0.05) is 88.3 Å². The van der Waals surface area contributed by atoms with Crippen molar-refractivity contribution in [3.8, 4) is 0 Å². The number of fused-ring (bicyclic) bond motifs is 4. The first-order chi connectivity index (χ1) is 28.1. The molecule has 2 saturated heterocycles. The van der Waals surface area contributed by atoms with Crippen LogP contribution in [-0.2, 0) is 38.5 Å². The molecule has 2 fully saturated rings. The van der Waals surface area contributed by atoms with Crippen LogP contribution in [0.25, 0.3) is 20.2 Å². The molecule has 10 heteroatoms. The molecular weight excluding hydrogens is 741 g/mol. The molecule has 2 atom stereocenters. The van der Waals surface area contributed by atoms with E-state index in [-0.39, 0.29) is 0 Å². The molecule has 4 aliphatic rings. The van der Waals surface area contributed by atoms with Crippen molar-refractivity contribution in [1.29, 1.82) is 0 Å². The lowest BCUT2D eigenvalue weighted by atomic mass is 9.87. The monoisotopic (exact) mass is 798 g/mol. The largest absolute Gasteiger partial charge is 0.353 e. The van der Waals surface area contributed by atoms with E-state index in [1.54, 1.807) is 34.2 Å². The Morgan fingerprint density at radius 1 is 0.596 bits per heavy atom. The summed E-state index contributed by atoms with van der Waals surface area (Å²) in [6.07, 6.45) is 9.27. The average Bonchev–Trinajstić information content (AvgIpc) is 3.90. The Kier molecular flexibility index (Phi) is 12.1. The smallest absolute Gasteiger partial charge is 0.150 e. The summed E-state index contributed by atoms with van der Waals surface area (Å²) < 4.78 is 12.0. The van der Waals surface area contributed by atoms with Crippen molar-refractivity contribution in [3.63, 3.8) is 0 Å². The van der Waals surface area contributed by atoms with Crippen molar-refractivity contribution in [3.05, 3.63) is 118 Å². The molecule has 4 heterocycles. The van der Waals surface area contributed by atoms with E-state index in [9.17, 15) is 0 Å². The highest BCUT2D eigenvalue weighted by atomic mass is 32.1. The van der Waals surface area contributed by atoms with Crippen LogP contribution in [0.2, 0.25) is 0 Å². The first kappa shape index (κ1) is 38.6. The molecule has 0 radical (unpaired) electrons. The van der Waals surface area contributed by atoms with Crippen molar-refractivity contribution < 1.29 is 0 Å². The number of aromatic nitrogens is 2. The zero-order valence-electron chi connectivity index (χ0n) is 33.5. The Morgan fingerprint density at radius 3 is 1.61 bits per heavy atom. The van der Waals surface area contributed by atoms with Crippen LogP contribution in [0.4, 0.5) is 11.6 Å². The van der Waals surface area contributed by atoms with E-state index in [4.69, 9.17) is 14.5 Å². The first-order valence-corrected chi connectivity index (χ1v) is 22.9. The summed E-state index contributed by atoms with van der Waals surface area (Å²) >= 11 is 3.23. The van der Waals surface area contributed by atoms with Gasteiger partial charge < -0.3 is 20.9 Å². The number of likely N-dealkylation sites (N-methyl/N-ethyl adjacent to an activating group) is 1. The number of hydrogen-bond donors (Lipinski definition) is 2. The Morgan fingerprint density at radius 2 is 1.09 bits per heavy atom. The highest BCUT2D eigenvalue weighted by molar-refractivity contribution is 7.14. The van der Waals surface area contributed by atoms with Crippen molar-refractivity contribution in [2.45, 2.75) is 63.5 Å². The average molecular weight is 799 g/mol. The van der Waals surface area contributed by atoms with E-state index in [0.29, 0.717) is 12.1 Å². The van der Waals surface area contributed by atoms with Crippen LogP contribution in [0, 0.1) is 0 Å². The minimum atomic E-state index is 0.351. The fraction of sp³-hybridized carbons (Fsp3) is 0.447. The Hall–Kier alpha value is -3.90. The standard InChI is InChI=1S/C24H30N4S.C23H28N4S/c1-25-21-9-8-19-16-18(6-7-20(19)17-21)10-11-27-12-14-28(15-13-27)24-22-4-2-3-5-23(22)29-26-24;24-20-8-7-18-15-17(5-6-19(18)16-20)9-10-26-11-13-27(14-12-26)23-21-3-1-2-4-22(21)28-25-23/h2-7,16,21,25H,8-15,17H2,1H3;1-6,15,20H,7-14,16,24H2. The SMILES string of the molecule is CNC1CCc2cc(CCN3CCN(c4nsc5ccccc45)CC3)ccc2C1.NC1CCc2cc(CCN3CCN(c4nsc5ccccc45)CC3)ccc2C1. The molecule has 2 aliphatic carbocycles. The van der Waals surface area contributed by atoms with Crippen LogP contribution >= 0.6 is 23.1 Å². The highest BCUT2D eigenvalue weighted by Gasteiger charge is 2.23. The zero-order chi connectivity index (χ0) is 38.6. The second-order valence-electron chi connectivity index (χ2n) is 16.6. The molecule has 298 valence electrons. The maximum Gasteiger partial charge on any atom is 0.150 e. The number of hydrogen-bond acceptors (Lipinski definition) is 10. The molecule has 6 aromatic rings. The predicted octanol–water partition coefficient (Wildman–Crippen LogP) is 7.21. The number of nitrogens with two attached hydrogens (primary N) is 1. The van der Waals surface area contributed by atoms with Gasteiger partial charge in [-0.2, -0.15) is 8.75 Å².